The first-order valence-electron chi connectivity index (χ1n) is 7.86. The SMILES string of the molecule is NC(=O)c1ccc(SCC(=O)Nc2ccccc2OCC(F)(F)F)c([N+](=O)[O-])c1. The number of thioether (sulfide) groups is 1. The normalized spacial score (nSPS) is 11.0. The lowest BCUT2D eigenvalue weighted by Gasteiger charge is -2.13. The number of carbonyl (C=O) groups is 2. The number of ether oxygens (including phenoxy) is 1. The van der Waals surface area contributed by atoms with E-state index in [9.17, 15) is 32.9 Å². The number of hydrogen-bond acceptors (Lipinski definition) is 6. The van der Waals surface area contributed by atoms with Crippen LogP contribution in [0.4, 0.5) is 24.5 Å². The van der Waals surface area contributed by atoms with Crippen LogP contribution in [-0.2, 0) is 4.79 Å². The van der Waals surface area contributed by atoms with Gasteiger partial charge >= 0.3 is 6.18 Å². The molecule has 2 rings (SSSR count). The zero-order chi connectivity index (χ0) is 21.6. The van der Waals surface area contributed by atoms with Crippen molar-refractivity contribution in [3.63, 3.8) is 0 Å². The molecule has 8 nitrogen and oxygen atoms in total. The second kappa shape index (κ2) is 9.28. The molecule has 0 aliphatic carbocycles. The first kappa shape index (κ1) is 22.0. The van der Waals surface area contributed by atoms with Gasteiger partial charge in [-0.25, -0.2) is 0 Å². The number of anilines is 1. The summed E-state index contributed by atoms with van der Waals surface area (Å²) in [6.45, 7) is -1.52. The molecule has 154 valence electrons. The monoisotopic (exact) mass is 429 g/mol. The quantitative estimate of drug-likeness (QED) is 0.377. The number of nitrogens with zero attached hydrogens (tertiary/aromatic N) is 1. The number of alkyl halides is 3. The molecule has 0 spiro atoms. The molecule has 29 heavy (non-hydrogen) atoms. The molecular weight excluding hydrogens is 415 g/mol. The Labute approximate surface area is 166 Å². The number of benzene rings is 2. The van der Waals surface area contributed by atoms with Gasteiger partial charge in [0.25, 0.3) is 5.69 Å². The number of halogens is 3. The Balaban J connectivity index is 2.06. The molecule has 2 aromatic carbocycles. The number of primary amides is 1. The molecule has 0 aromatic heterocycles. The highest BCUT2D eigenvalue weighted by Gasteiger charge is 2.29. The number of hydrogen-bond donors (Lipinski definition) is 2. The predicted molar refractivity (Wildman–Crippen MR) is 99.0 cm³/mol. The maximum Gasteiger partial charge on any atom is 0.422 e. The third-order valence-electron chi connectivity index (χ3n) is 3.35. The van der Waals surface area contributed by atoms with Crippen LogP contribution in [0.25, 0.3) is 0 Å². The van der Waals surface area contributed by atoms with Crippen molar-refractivity contribution in [2.24, 2.45) is 5.73 Å². The average Bonchev–Trinajstić information content (AvgIpc) is 2.64. The Morgan fingerprint density at radius 2 is 1.90 bits per heavy atom. The number of nitro benzene ring substituents is 1. The molecule has 2 aromatic rings. The minimum Gasteiger partial charge on any atom is -0.482 e. The molecule has 0 unspecified atom stereocenters. The van der Waals surface area contributed by atoms with Gasteiger partial charge < -0.3 is 15.8 Å². The van der Waals surface area contributed by atoms with Crippen LogP contribution in [-0.4, -0.2) is 35.3 Å². The number of nitrogens with one attached hydrogen (secondary N) is 1. The van der Waals surface area contributed by atoms with Crippen molar-refractivity contribution < 1.29 is 32.4 Å². The van der Waals surface area contributed by atoms with Gasteiger partial charge in [-0.1, -0.05) is 12.1 Å². The van der Waals surface area contributed by atoms with Gasteiger partial charge in [0.05, 0.1) is 21.3 Å². The van der Waals surface area contributed by atoms with Gasteiger partial charge in [0.15, 0.2) is 6.61 Å². The Bertz CT molecular complexity index is 937. The van der Waals surface area contributed by atoms with E-state index in [2.05, 4.69) is 10.1 Å². The average molecular weight is 429 g/mol. The van der Waals surface area contributed by atoms with E-state index in [0.717, 1.165) is 17.8 Å². The summed E-state index contributed by atoms with van der Waals surface area (Å²) in [4.78, 5) is 33.9. The molecule has 0 bridgehead atoms. The van der Waals surface area contributed by atoms with Crippen molar-refractivity contribution in [2.45, 2.75) is 11.1 Å². The standard InChI is InChI=1S/C17H14F3N3O5S/c18-17(19,20)9-28-13-4-2-1-3-11(13)22-15(24)8-29-14-6-5-10(16(21)25)7-12(14)23(26)27/h1-7H,8-9H2,(H2,21,25)(H,22,24). The van der Waals surface area contributed by atoms with Gasteiger partial charge in [-0.15, -0.1) is 11.8 Å². The van der Waals surface area contributed by atoms with Crippen LogP contribution in [0, 0.1) is 10.1 Å². The summed E-state index contributed by atoms with van der Waals surface area (Å²) in [6.07, 6.45) is -4.54. The third-order valence-corrected chi connectivity index (χ3v) is 4.41. The largest absolute Gasteiger partial charge is 0.482 e. The molecule has 3 N–H and O–H groups in total. The first-order chi connectivity index (χ1) is 13.6. The molecule has 0 aliphatic heterocycles. The van der Waals surface area contributed by atoms with E-state index in [1.165, 1.54) is 36.4 Å². The van der Waals surface area contributed by atoms with Crippen molar-refractivity contribution in [1.82, 2.24) is 0 Å². The summed E-state index contributed by atoms with van der Waals surface area (Å²) < 4.78 is 41.6. The van der Waals surface area contributed by atoms with Gasteiger partial charge in [0.2, 0.25) is 11.8 Å². The van der Waals surface area contributed by atoms with E-state index in [-0.39, 0.29) is 27.6 Å². The summed E-state index contributed by atoms with van der Waals surface area (Å²) in [5.41, 5.74) is 4.67. The topological polar surface area (TPSA) is 125 Å². The number of nitrogens with two attached hydrogens (primary N) is 1. The molecule has 2 amide bonds. The fraction of sp³-hybridized carbons (Fsp3) is 0.176. The van der Waals surface area contributed by atoms with E-state index >= 15 is 0 Å². The van der Waals surface area contributed by atoms with Gasteiger partial charge in [-0.05, 0) is 24.3 Å². The number of amides is 2. The molecule has 0 aliphatic rings. The number of carbonyl (C=O) groups excluding carboxylic acids is 2. The Morgan fingerprint density at radius 1 is 1.21 bits per heavy atom. The smallest absolute Gasteiger partial charge is 0.422 e. The fourth-order valence-electron chi connectivity index (χ4n) is 2.12. The van der Waals surface area contributed by atoms with E-state index < -0.39 is 35.2 Å². The van der Waals surface area contributed by atoms with E-state index in [1.807, 2.05) is 0 Å². The van der Waals surface area contributed by atoms with Crippen LogP contribution in [0.1, 0.15) is 10.4 Å². The van der Waals surface area contributed by atoms with Crippen LogP contribution in [0.15, 0.2) is 47.4 Å². The molecule has 0 fully saturated rings. The number of nitro groups is 1. The molecule has 0 saturated heterocycles. The van der Waals surface area contributed by atoms with Crippen molar-refractivity contribution in [3.05, 3.63) is 58.1 Å². The summed E-state index contributed by atoms with van der Waals surface area (Å²) >= 11 is 0.820. The lowest BCUT2D eigenvalue weighted by Crippen LogP contribution is -2.20. The summed E-state index contributed by atoms with van der Waals surface area (Å²) in [7, 11) is 0. The van der Waals surface area contributed by atoms with Crippen molar-refractivity contribution in [1.29, 1.82) is 0 Å². The Kier molecular flexibility index (Phi) is 7.04. The molecular formula is C17H14F3N3O5S. The van der Waals surface area contributed by atoms with Crippen LogP contribution in [0.2, 0.25) is 0 Å². The zero-order valence-corrected chi connectivity index (χ0v) is 15.4. The minimum absolute atomic E-state index is 0.0286. The summed E-state index contributed by atoms with van der Waals surface area (Å²) in [6, 6.07) is 9.14. The van der Waals surface area contributed by atoms with Gasteiger partial charge in [-0.3, -0.25) is 19.7 Å². The zero-order valence-electron chi connectivity index (χ0n) is 14.6. The first-order valence-corrected chi connectivity index (χ1v) is 8.85. The fourth-order valence-corrected chi connectivity index (χ4v) is 2.92. The van der Waals surface area contributed by atoms with Gasteiger partial charge in [-0.2, -0.15) is 13.2 Å². The third kappa shape index (κ3) is 6.68. The second-order valence-corrected chi connectivity index (χ2v) is 6.56. The van der Waals surface area contributed by atoms with Crippen molar-refractivity contribution in [3.8, 4) is 5.75 Å². The number of para-hydroxylation sites is 2. The molecule has 0 radical (unpaired) electrons. The van der Waals surface area contributed by atoms with Crippen molar-refractivity contribution in [2.75, 3.05) is 17.7 Å². The van der Waals surface area contributed by atoms with Crippen LogP contribution >= 0.6 is 11.8 Å². The van der Waals surface area contributed by atoms with Crippen molar-refractivity contribution >= 4 is 35.0 Å². The number of rotatable bonds is 8. The molecule has 0 atom stereocenters. The lowest BCUT2D eigenvalue weighted by molar-refractivity contribution is -0.387. The Hall–Kier alpha value is -3.28. The molecule has 0 saturated carbocycles. The van der Waals surface area contributed by atoms with Crippen LogP contribution < -0.4 is 15.8 Å². The summed E-state index contributed by atoms with van der Waals surface area (Å²) in [5, 5.41) is 13.6. The van der Waals surface area contributed by atoms with E-state index in [1.54, 1.807) is 0 Å². The molecule has 0 heterocycles. The van der Waals surface area contributed by atoms with E-state index in [4.69, 9.17) is 5.73 Å². The Morgan fingerprint density at radius 3 is 2.52 bits per heavy atom. The maximum absolute atomic E-state index is 12.3. The van der Waals surface area contributed by atoms with Crippen LogP contribution in [0.5, 0.6) is 5.75 Å². The highest BCUT2D eigenvalue weighted by Crippen LogP contribution is 2.31. The van der Waals surface area contributed by atoms with Gasteiger partial charge in [0.1, 0.15) is 5.75 Å². The maximum atomic E-state index is 12.3. The van der Waals surface area contributed by atoms with Gasteiger partial charge in [0, 0.05) is 11.6 Å². The lowest BCUT2D eigenvalue weighted by atomic mass is 10.2. The second-order valence-electron chi connectivity index (χ2n) is 5.54. The van der Waals surface area contributed by atoms with Crippen LogP contribution in [0.3, 0.4) is 0 Å². The van der Waals surface area contributed by atoms with E-state index in [0.29, 0.717) is 0 Å². The minimum atomic E-state index is -4.54. The highest BCUT2D eigenvalue weighted by atomic mass is 32.2. The summed E-state index contributed by atoms with van der Waals surface area (Å²) in [5.74, 6) is -1.89. The highest BCUT2D eigenvalue weighted by molar-refractivity contribution is 8.00. The molecule has 12 heteroatoms. The predicted octanol–water partition coefficient (Wildman–Crippen LogP) is 3.37.